The van der Waals surface area contributed by atoms with Gasteiger partial charge >= 0.3 is 0 Å². The standard InChI is InChI=1S/C8H11Cl2N3O3S/c1-5(4-16-17(2,14)15)11-7-3-6(9)12-8(10)13-7/h3,5H,4H2,1-2H3,(H,11,12,13)/t5-/m1/s1. The molecule has 6 nitrogen and oxygen atoms in total. The van der Waals surface area contributed by atoms with Crippen LogP contribution in [-0.4, -0.2) is 37.3 Å². The van der Waals surface area contributed by atoms with Crippen LogP contribution in [0.2, 0.25) is 10.4 Å². The largest absolute Gasteiger partial charge is 0.365 e. The Labute approximate surface area is 109 Å². The fraction of sp³-hybridized carbons (Fsp3) is 0.500. The molecule has 0 aliphatic rings. The first-order chi connectivity index (χ1) is 7.76. The quantitative estimate of drug-likeness (QED) is 0.505. The molecule has 17 heavy (non-hydrogen) atoms. The van der Waals surface area contributed by atoms with Gasteiger partial charge in [0.25, 0.3) is 10.1 Å². The number of hydrogen-bond acceptors (Lipinski definition) is 6. The van der Waals surface area contributed by atoms with Gasteiger partial charge in [0.1, 0.15) is 11.0 Å². The predicted octanol–water partition coefficient (Wildman–Crippen LogP) is 1.56. The van der Waals surface area contributed by atoms with Crippen LogP contribution in [0.15, 0.2) is 6.07 Å². The Morgan fingerprint density at radius 2 is 2.12 bits per heavy atom. The van der Waals surface area contributed by atoms with Gasteiger partial charge in [-0.1, -0.05) is 11.6 Å². The molecule has 0 spiro atoms. The van der Waals surface area contributed by atoms with Crippen molar-refractivity contribution in [2.24, 2.45) is 0 Å². The predicted molar refractivity (Wildman–Crippen MR) is 65.9 cm³/mol. The number of rotatable bonds is 5. The highest BCUT2D eigenvalue weighted by Crippen LogP contribution is 2.15. The highest BCUT2D eigenvalue weighted by molar-refractivity contribution is 7.85. The second kappa shape index (κ2) is 5.81. The van der Waals surface area contributed by atoms with E-state index in [1.807, 2.05) is 0 Å². The normalized spacial score (nSPS) is 13.4. The second-order valence-corrected chi connectivity index (χ2v) is 5.75. The average Bonchev–Trinajstić information content (AvgIpc) is 2.11. The van der Waals surface area contributed by atoms with Crippen molar-refractivity contribution in [2.45, 2.75) is 13.0 Å². The molecule has 1 rings (SSSR count). The number of halogens is 2. The summed E-state index contributed by atoms with van der Waals surface area (Å²) in [5.74, 6) is 0.402. The SMILES string of the molecule is C[C@H](COS(C)(=O)=O)Nc1cc(Cl)nc(Cl)n1. The van der Waals surface area contributed by atoms with Gasteiger partial charge in [-0.15, -0.1) is 0 Å². The van der Waals surface area contributed by atoms with Crippen LogP contribution in [-0.2, 0) is 14.3 Å². The Morgan fingerprint density at radius 1 is 1.47 bits per heavy atom. The van der Waals surface area contributed by atoms with Gasteiger partial charge in [0.15, 0.2) is 0 Å². The number of aromatic nitrogens is 2. The molecule has 1 heterocycles. The molecule has 9 heteroatoms. The maximum Gasteiger partial charge on any atom is 0.264 e. The van der Waals surface area contributed by atoms with Crippen molar-refractivity contribution in [1.82, 2.24) is 9.97 Å². The summed E-state index contributed by atoms with van der Waals surface area (Å²) in [6.07, 6.45) is 0.984. The molecule has 0 bridgehead atoms. The first-order valence-corrected chi connectivity index (χ1v) is 7.14. The van der Waals surface area contributed by atoms with Crippen molar-refractivity contribution in [1.29, 1.82) is 0 Å². The maximum absolute atomic E-state index is 10.8. The minimum Gasteiger partial charge on any atom is -0.365 e. The van der Waals surface area contributed by atoms with Crippen molar-refractivity contribution < 1.29 is 12.6 Å². The van der Waals surface area contributed by atoms with E-state index in [1.54, 1.807) is 6.92 Å². The Hall–Kier alpha value is -0.630. The van der Waals surface area contributed by atoms with E-state index in [1.165, 1.54) is 6.07 Å². The summed E-state index contributed by atoms with van der Waals surface area (Å²) < 4.78 is 26.2. The van der Waals surface area contributed by atoms with Crippen molar-refractivity contribution in [3.8, 4) is 0 Å². The molecule has 0 fully saturated rings. The first-order valence-electron chi connectivity index (χ1n) is 4.57. The zero-order chi connectivity index (χ0) is 13.1. The lowest BCUT2D eigenvalue weighted by atomic mass is 10.3. The molecule has 0 saturated carbocycles. The number of nitrogens with one attached hydrogen (secondary N) is 1. The van der Waals surface area contributed by atoms with Gasteiger partial charge in [0.2, 0.25) is 5.28 Å². The van der Waals surface area contributed by atoms with Gasteiger partial charge in [-0.25, -0.2) is 9.97 Å². The maximum atomic E-state index is 10.8. The molecule has 0 saturated heterocycles. The lowest BCUT2D eigenvalue weighted by Gasteiger charge is -2.13. The summed E-state index contributed by atoms with van der Waals surface area (Å²) in [6, 6.07) is 1.21. The summed E-state index contributed by atoms with van der Waals surface area (Å²) >= 11 is 11.3. The highest BCUT2D eigenvalue weighted by atomic mass is 35.5. The van der Waals surface area contributed by atoms with Gasteiger partial charge in [-0.2, -0.15) is 8.42 Å². The van der Waals surface area contributed by atoms with Gasteiger partial charge in [0, 0.05) is 12.1 Å². The molecular weight excluding hydrogens is 289 g/mol. The molecule has 1 atom stereocenters. The molecule has 1 aromatic rings. The van der Waals surface area contributed by atoms with Crippen molar-refractivity contribution in [2.75, 3.05) is 18.2 Å². The lowest BCUT2D eigenvalue weighted by molar-refractivity contribution is 0.309. The summed E-state index contributed by atoms with van der Waals surface area (Å²) in [7, 11) is -3.45. The van der Waals surface area contributed by atoms with Crippen molar-refractivity contribution in [3.63, 3.8) is 0 Å². The van der Waals surface area contributed by atoms with E-state index in [0.29, 0.717) is 5.82 Å². The topological polar surface area (TPSA) is 81.2 Å². The monoisotopic (exact) mass is 299 g/mol. The molecule has 0 aromatic carbocycles. The van der Waals surface area contributed by atoms with Crippen molar-refractivity contribution >= 4 is 39.1 Å². The van der Waals surface area contributed by atoms with Crippen LogP contribution in [0.4, 0.5) is 5.82 Å². The first kappa shape index (κ1) is 14.4. The number of nitrogens with zero attached hydrogens (tertiary/aromatic N) is 2. The van der Waals surface area contributed by atoms with Crippen LogP contribution in [0, 0.1) is 0 Å². The van der Waals surface area contributed by atoms with Crippen LogP contribution >= 0.6 is 23.2 Å². The van der Waals surface area contributed by atoms with Gasteiger partial charge in [-0.3, -0.25) is 4.18 Å². The summed E-state index contributed by atoms with van der Waals surface area (Å²) in [6.45, 7) is 1.72. The molecule has 1 N–H and O–H groups in total. The fourth-order valence-corrected chi connectivity index (χ4v) is 1.84. The van der Waals surface area contributed by atoms with E-state index in [-0.39, 0.29) is 23.1 Å². The molecule has 96 valence electrons. The Kier molecular flexibility index (Phi) is 4.93. The van der Waals surface area contributed by atoms with Gasteiger partial charge in [0.05, 0.1) is 12.9 Å². The number of hydrogen-bond donors (Lipinski definition) is 1. The van der Waals surface area contributed by atoms with Crippen LogP contribution in [0.25, 0.3) is 0 Å². The summed E-state index contributed by atoms with van der Waals surface area (Å²) in [4.78, 5) is 7.55. The Bertz CT molecular complexity index is 475. The minimum absolute atomic E-state index is 0.0104. The smallest absolute Gasteiger partial charge is 0.264 e. The molecule has 1 aromatic heterocycles. The zero-order valence-corrected chi connectivity index (χ0v) is 11.5. The van der Waals surface area contributed by atoms with Crippen LogP contribution < -0.4 is 5.32 Å². The molecule has 0 aliphatic carbocycles. The highest BCUT2D eigenvalue weighted by Gasteiger charge is 2.09. The van der Waals surface area contributed by atoms with E-state index >= 15 is 0 Å². The van der Waals surface area contributed by atoms with Crippen molar-refractivity contribution in [3.05, 3.63) is 16.5 Å². The van der Waals surface area contributed by atoms with E-state index in [4.69, 9.17) is 23.2 Å². The lowest BCUT2D eigenvalue weighted by Crippen LogP contribution is -2.24. The third kappa shape index (κ3) is 6.02. The van der Waals surface area contributed by atoms with E-state index in [2.05, 4.69) is 19.5 Å². The van der Waals surface area contributed by atoms with Crippen LogP contribution in [0.1, 0.15) is 6.92 Å². The third-order valence-corrected chi connectivity index (χ3v) is 2.52. The summed E-state index contributed by atoms with van der Waals surface area (Å²) in [5.41, 5.74) is 0. The van der Waals surface area contributed by atoms with Gasteiger partial charge < -0.3 is 5.32 Å². The fourth-order valence-electron chi connectivity index (χ4n) is 0.984. The van der Waals surface area contributed by atoms with E-state index < -0.39 is 10.1 Å². The number of anilines is 1. The van der Waals surface area contributed by atoms with Crippen LogP contribution in [0.3, 0.4) is 0 Å². The minimum atomic E-state index is -3.45. The van der Waals surface area contributed by atoms with Crippen LogP contribution in [0.5, 0.6) is 0 Å². The molecule has 0 amide bonds. The van der Waals surface area contributed by atoms with Gasteiger partial charge in [-0.05, 0) is 18.5 Å². The Balaban J connectivity index is 2.59. The second-order valence-electron chi connectivity index (χ2n) is 3.38. The third-order valence-electron chi connectivity index (χ3n) is 1.59. The Morgan fingerprint density at radius 3 is 2.65 bits per heavy atom. The molecule has 0 radical (unpaired) electrons. The molecule has 0 aliphatic heterocycles. The van der Waals surface area contributed by atoms with E-state index in [0.717, 1.165) is 6.26 Å². The summed E-state index contributed by atoms with van der Waals surface area (Å²) in [5, 5.41) is 3.09. The zero-order valence-electron chi connectivity index (χ0n) is 9.15. The average molecular weight is 300 g/mol. The van der Waals surface area contributed by atoms with E-state index in [9.17, 15) is 8.42 Å². The molecular formula is C8H11Cl2N3O3S. The molecule has 0 unspecified atom stereocenters.